The number of hydrogen-bond acceptors (Lipinski definition) is 5. The van der Waals surface area contributed by atoms with Crippen molar-refractivity contribution in [3.8, 4) is 0 Å². The second-order valence-electron chi connectivity index (χ2n) is 2.93. The van der Waals surface area contributed by atoms with Gasteiger partial charge in [-0.15, -0.1) is 10.2 Å². The average molecular weight is 203 g/mol. The molecule has 0 aliphatic heterocycles. The molecule has 0 fully saturated rings. The first-order valence-corrected chi connectivity index (χ1v) is 4.28. The van der Waals surface area contributed by atoms with Crippen molar-refractivity contribution in [3.63, 3.8) is 0 Å². The minimum atomic E-state index is -0.303. The number of anilines is 3. The summed E-state index contributed by atoms with van der Waals surface area (Å²) < 4.78 is 0. The molecule has 0 bridgehead atoms. The zero-order valence-electron chi connectivity index (χ0n) is 7.77. The lowest BCUT2D eigenvalue weighted by Gasteiger charge is -2.03. The second-order valence-corrected chi connectivity index (χ2v) is 2.93. The number of aromatic nitrogens is 3. The van der Waals surface area contributed by atoms with Crippen molar-refractivity contribution in [2.45, 2.75) is 0 Å². The van der Waals surface area contributed by atoms with Gasteiger partial charge in [0, 0.05) is 11.4 Å². The molecular formula is C9H9N5O. The van der Waals surface area contributed by atoms with E-state index in [2.05, 4.69) is 20.5 Å². The van der Waals surface area contributed by atoms with Crippen LogP contribution in [-0.2, 0) is 0 Å². The van der Waals surface area contributed by atoms with Gasteiger partial charge in [-0.05, 0) is 24.3 Å². The van der Waals surface area contributed by atoms with Crippen molar-refractivity contribution >= 4 is 17.3 Å². The van der Waals surface area contributed by atoms with Crippen molar-refractivity contribution in [1.29, 1.82) is 0 Å². The van der Waals surface area contributed by atoms with Crippen molar-refractivity contribution in [2.75, 3.05) is 11.1 Å². The van der Waals surface area contributed by atoms with Gasteiger partial charge in [0.15, 0.2) is 0 Å². The number of H-pyrrole nitrogens is 1. The highest BCUT2D eigenvalue weighted by atomic mass is 16.1. The van der Waals surface area contributed by atoms with Gasteiger partial charge in [0.1, 0.15) is 6.20 Å². The molecule has 6 heteroatoms. The van der Waals surface area contributed by atoms with Crippen LogP contribution in [0, 0.1) is 0 Å². The molecule has 2 rings (SSSR count). The van der Waals surface area contributed by atoms with Crippen LogP contribution in [0.5, 0.6) is 0 Å². The number of nitrogens with two attached hydrogens (primary N) is 1. The van der Waals surface area contributed by atoms with E-state index in [0.717, 1.165) is 11.9 Å². The molecule has 0 saturated carbocycles. The number of benzene rings is 1. The van der Waals surface area contributed by atoms with Crippen molar-refractivity contribution in [3.05, 3.63) is 40.8 Å². The lowest BCUT2D eigenvalue weighted by Crippen LogP contribution is -2.10. The summed E-state index contributed by atoms with van der Waals surface area (Å²) in [6, 6.07) is 7.05. The molecule has 76 valence electrons. The zero-order chi connectivity index (χ0) is 10.7. The smallest absolute Gasteiger partial charge is 0.271 e. The largest absolute Gasteiger partial charge is 0.399 e. The normalized spacial score (nSPS) is 9.87. The van der Waals surface area contributed by atoms with E-state index in [9.17, 15) is 4.79 Å². The van der Waals surface area contributed by atoms with Crippen LogP contribution < -0.4 is 16.6 Å². The molecular weight excluding hydrogens is 194 g/mol. The van der Waals surface area contributed by atoms with Gasteiger partial charge >= 0.3 is 0 Å². The van der Waals surface area contributed by atoms with E-state index < -0.39 is 0 Å². The number of hydrogen-bond donors (Lipinski definition) is 3. The first-order valence-electron chi connectivity index (χ1n) is 4.28. The van der Waals surface area contributed by atoms with Crippen molar-refractivity contribution in [2.24, 2.45) is 0 Å². The van der Waals surface area contributed by atoms with Gasteiger partial charge in [-0.2, -0.15) is 0 Å². The Labute approximate surface area is 85.2 Å². The highest BCUT2D eigenvalue weighted by molar-refractivity contribution is 5.56. The molecule has 0 amide bonds. The number of rotatable bonds is 2. The molecule has 2 aromatic rings. The molecule has 1 aromatic carbocycles. The van der Waals surface area contributed by atoms with E-state index in [1.807, 2.05) is 0 Å². The number of nitrogen functional groups attached to an aromatic ring is 1. The van der Waals surface area contributed by atoms with E-state index in [1.54, 1.807) is 24.3 Å². The van der Waals surface area contributed by atoms with Crippen LogP contribution in [0.15, 0.2) is 35.3 Å². The number of nitrogens with one attached hydrogen (secondary N) is 2. The Bertz CT molecular complexity index is 504. The van der Waals surface area contributed by atoms with Crippen LogP contribution >= 0.6 is 0 Å². The summed E-state index contributed by atoms with van der Waals surface area (Å²) in [5.41, 5.74) is 6.68. The molecule has 0 radical (unpaired) electrons. The zero-order valence-corrected chi connectivity index (χ0v) is 7.77. The number of nitrogens with zero attached hydrogens (tertiary/aromatic N) is 2. The predicted molar refractivity (Wildman–Crippen MR) is 56.8 cm³/mol. The molecule has 6 nitrogen and oxygen atoms in total. The minimum absolute atomic E-state index is 0.298. The van der Waals surface area contributed by atoms with Gasteiger partial charge < -0.3 is 11.1 Å². The van der Waals surface area contributed by atoms with Crippen LogP contribution in [0.2, 0.25) is 0 Å². The summed E-state index contributed by atoms with van der Waals surface area (Å²) >= 11 is 0. The molecule has 4 N–H and O–H groups in total. The Morgan fingerprint density at radius 3 is 2.67 bits per heavy atom. The van der Waals surface area contributed by atoms with E-state index in [4.69, 9.17) is 5.73 Å². The fourth-order valence-electron chi connectivity index (χ4n) is 1.07. The standard InChI is InChI=1S/C9H9N5O/c10-6-1-3-7(4-2-6)12-9-13-8(15)5-11-14-9/h1-5H,10H2,(H2,12,13,14,15). The van der Waals surface area contributed by atoms with Gasteiger partial charge in [-0.3, -0.25) is 9.78 Å². The highest BCUT2D eigenvalue weighted by Gasteiger charge is 1.96. The summed E-state index contributed by atoms with van der Waals surface area (Å²) in [5, 5.41) is 10.1. The minimum Gasteiger partial charge on any atom is -0.399 e. The van der Waals surface area contributed by atoms with E-state index in [1.165, 1.54) is 0 Å². The number of aromatic amines is 1. The van der Waals surface area contributed by atoms with E-state index >= 15 is 0 Å². The highest BCUT2D eigenvalue weighted by Crippen LogP contribution is 2.13. The monoisotopic (exact) mass is 203 g/mol. The molecule has 0 aliphatic rings. The van der Waals surface area contributed by atoms with Crippen LogP contribution in [0.3, 0.4) is 0 Å². The third kappa shape index (κ3) is 2.31. The Morgan fingerprint density at radius 2 is 2.00 bits per heavy atom. The first-order chi connectivity index (χ1) is 7.24. The topological polar surface area (TPSA) is 96.7 Å². The fraction of sp³-hybridized carbons (Fsp3) is 0. The van der Waals surface area contributed by atoms with Gasteiger partial charge in [0.25, 0.3) is 5.56 Å². The summed E-state index contributed by atoms with van der Waals surface area (Å²) in [6.45, 7) is 0. The SMILES string of the molecule is Nc1ccc(Nc2nncc(=O)[nH]2)cc1. The fourth-order valence-corrected chi connectivity index (χ4v) is 1.07. The maximum atomic E-state index is 10.9. The third-order valence-electron chi connectivity index (χ3n) is 1.75. The summed E-state index contributed by atoms with van der Waals surface area (Å²) in [4.78, 5) is 13.4. The third-order valence-corrected chi connectivity index (χ3v) is 1.75. The molecule has 1 heterocycles. The Kier molecular flexibility index (Phi) is 2.32. The Balaban J connectivity index is 2.22. The molecule has 0 atom stereocenters. The summed E-state index contributed by atoms with van der Waals surface area (Å²) in [5.74, 6) is 0.298. The predicted octanol–water partition coefficient (Wildman–Crippen LogP) is 0.491. The second kappa shape index (κ2) is 3.79. The van der Waals surface area contributed by atoms with Crippen molar-refractivity contribution < 1.29 is 0 Å². The first kappa shape index (κ1) is 9.20. The van der Waals surface area contributed by atoms with Crippen LogP contribution in [-0.4, -0.2) is 15.2 Å². The van der Waals surface area contributed by atoms with Gasteiger partial charge in [0.05, 0.1) is 0 Å². The van der Waals surface area contributed by atoms with Crippen LogP contribution in [0.4, 0.5) is 17.3 Å². The summed E-state index contributed by atoms with van der Waals surface area (Å²) in [6.07, 6.45) is 1.11. The van der Waals surface area contributed by atoms with Gasteiger partial charge in [-0.1, -0.05) is 0 Å². The maximum Gasteiger partial charge on any atom is 0.271 e. The Morgan fingerprint density at radius 1 is 1.27 bits per heavy atom. The van der Waals surface area contributed by atoms with E-state index in [-0.39, 0.29) is 5.56 Å². The van der Waals surface area contributed by atoms with E-state index in [0.29, 0.717) is 11.6 Å². The lowest BCUT2D eigenvalue weighted by molar-refractivity contribution is 0.954. The van der Waals surface area contributed by atoms with Crippen molar-refractivity contribution in [1.82, 2.24) is 15.2 Å². The molecule has 0 spiro atoms. The molecule has 15 heavy (non-hydrogen) atoms. The van der Waals surface area contributed by atoms with Gasteiger partial charge in [-0.25, -0.2) is 0 Å². The van der Waals surface area contributed by atoms with Gasteiger partial charge in [0.2, 0.25) is 5.95 Å². The van der Waals surface area contributed by atoms with Crippen LogP contribution in [0.1, 0.15) is 0 Å². The average Bonchev–Trinajstić information content (AvgIpc) is 2.22. The summed E-state index contributed by atoms with van der Waals surface area (Å²) in [7, 11) is 0. The maximum absolute atomic E-state index is 10.9. The molecule has 0 saturated heterocycles. The quantitative estimate of drug-likeness (QED) is 0.617. The van der Waals surface area contributed by atoms with Crippen LogP contribution in [0.25, 0.3) is 0 Å². The molecule has 0 aliphatic carbocycles. The molecule has 0 unspecified atom stereocenters. The Hall–Kier alpha value is -2.37. The lowest BCUT2D eigenvalue weighted by atomic mass is 10.3. The molecule has 1 aromatic heterocycles.